The Morgan fingerprint density at radius 3 is 2.14 bits per heavy atom. The van der Waals surface area contributed by atoms with Gasteiger partial charge in [-0.05, 0) is 55.7 Å². The van der Waals surface area contributed by atoms with Crippen molar-refractivity contribution in [1.82, 2.24) is 10.2 Å². The van der Waals surface area contributed by atoms with Crippen molar-refractivity contribution in [3.8, 4) is 0 Å². The van der Waals surface area contributed by atoms with Crippen LogP contribution in [-0.4, -0.2) is 44.3 Å². The summed E-state index contributed by atoms with van der Waals surface area (Å²) in [6.07, 6.45) is 0.367. The molecule has 3 aromatic rings. The number of carbonyl (C=O) groups is 2. The van der Waals surface area contributed by atoms with E-state index in [9.17, 15) is 18.0 Å². The lowest BCUT2D eigenvalue weighted by Gasteiger charge is -2.33. The van der Waals surface area contributed by atoms with Gasteiger partial charge in [0.25, 0.3) is 10.0 Å². The first kappa shape index (κ1) is 28.2. The number of sulfonamides is 1. The van der Waals surface area contributed by atoms with E-state index in [1.807, 2.05) is 44.2 Å². The molecule has 0 spiro atoms. The van der Waals surface area contributed by atoms with E-state index in [-0.39, 0.29) is 17.3 Å². The molecule has 0 fully saturated rings. The smallest absolute Gasteiger partial charge is 0.264 e. The number of benzene rings is 3. The lowest BCUT2D eigenvalue weighted by Crippen LogP contribution is -2.52. The standard InChI is InChI=1S/C28H32ClN3O4S/c1-4-25(28(34)30-5-2)31(19-22-13-8-6-9-14-22)27(33)20-32(26-18-12-17-24(29)21(26)3)37(35,36)23-15-10-7-11-16-23/h6-18,25H,4-5,19-20H2,1-3H3,(H,30,34)/t25-/m0/s1. The molecule has 1 N–H and O–H groups in total. The van der Waals surface area contributed by atoms with Gasteiger partial charge in [0.2, 0.25) is 11.8 Å². The van der Waals surface area contributed by atoms with Crippen LogP contribution < -0.4 is 9.62 Å². The van der Waals surface area contributed by atoms with E-state index >= 15 is 0 Å². The van der Waals surface area contributed by atoms with Gasteiger partial charge < -0.3 is 10.2 Å². The zero-order valence-electron chi connectivity index (χ0n) is 21.2. The summed E-state index contributed by atoms with van der Waals surface area (Å²) < 4.78 is 28.7. The minimum atomic E-state index is -4.13. The van der Waals surface area contributed by atoms with Crippen LogP contribution in [0.1, 0.15) is 31.4 Å². The Labute approximate surface area is 224 Å². The molecule has 0 heterocycles. The third-order valence-corrected chi connectivity index (χ3v) is 8.23. The van der Waals surface area contributed by atoms with Gasteiger partial charge in [-0.1, -0.05) is 73.1 Å². The first-order chi connectivity index (χ1) is 17.7. The lowest BCUT2D eigenvalue weighted by atomic mass is 10.1. The van der Waals surface area contributed by atoms with Gasteiger partial charge in [0.15, 0.2) is 0 Å². The Balaban J connectivity index is 2.08. The Kier molecular flexibility index (Phi) is 9.72. The number of hydrogen-bond acceptors (Lipinski definition) is 4. The predicted octanol–water partition coefficient (Wildman–Crippen LogP) is 4.79. The average Bonchev–Trinajstić information content (AvgIpc) is 2.90. The van der Waals surface area contributed by atoms with Gasteiger partial charge in [0.05, 0.1) is 10.6 Å². The first-order valence-electron chi connectivity index (χ1n) is 12.1. The van der Waals surface area contributed by atoms with E-state index in [2.05, 4.69) is 5.32 Å². The molecule has 3 rings (SSSR count). The highest BCUT2D eigenvalue weighted by Crippen LogP contribution is 2.31. The van der Waals surface area contributed by atoms with Crippen LogP contribution in [-0.2, 0) is 26.2 Å². The predicted molar refractivity (Wildman–Crippen MR) is 147 cm³/mol. The molecule has 1 atom stereocenters. The summed E-state index contributed by atoms with van der Waals surface area (Å²) in [4.78, 5) is 28.4. The molecule has 0 aromatic heterocycles. The molecular formula is C28H32ClN3O4S. The maximum absolute atomic E-state index is 13.9. The highest BCUT2D eigenvalue weighted by atomic mass is 35.5. The molecule has 0 radical (unpaired) electrons. The van der Waals surface area contributed by atoms with Crippen molar-refractivity contribution in [3.05, 3.63) is 95.0 Å². The molecule has 196 valence electrons. The van der Waals surface area contributed by atoms with E-state index < -0.39 is 28.5 Å². The average molecular weight is 542 g/mol. The summed E-state index contributed by atoms with van der Waals surface area (Å²) in [6, 6.07) is 21.4. The van der Waals surface area contributed by atoms with E-state index in [4.69, 9.17) is 11.6 Å². The van der Waals surface area contributed by atoms with Gasteiger partial charge in [-0.15, -0.1) is 0 Å². The quantitative estimate of drug-likeness (QED) is 0.378. The number of amides is 2. The van der Waals surface area contributed by atoms with E-state index in [1.165, 1.54) is 17.0 Å². The van der Waals surface area contributed by atoms with Crippen molar-refractivity contribution in [2.24, 2.45) is 0 Å². The number of carbonyl (C=O) groups excluding carboxylic acids is 2. The third-order valence-electron chi connectivity index (χ3n) is 6.05. The molecule has 0 unspecified atom stereocenters. The van der Waals surface area contributed by atoms with Gasteiger partial charge in [0, 0.05) is 18.1 Å². The van der Waals surface area contributed by atoms with E-state index in [0.717, 1.165) is 9.87 Å². The highest BCUT2D eigenvalue weighted by molar-refractivity contribution is 7.92. The minimum absolute atomic E-state index is 0.0487. The molecule has 2 amide bonds. The number of nitrogens with one attached hydrogen (secondary N) is 1. The monoisotopic (exact) mass is 541 g/mol. The van der Waals surface area contributed by atoms with Crippen molar-refractivity contribution in [2.75, 3.05) is 17.4 Å². The topological polar surface area (TPSA) is 86.8 Å². The summed E-state index contributed by atoms with van der Waals surface area (Å²) in [5.74, 6) is -0.786. The van der Waals surface area contributed by atoms with Gasteiger partial charge >= 0.3 is 0 Å². The van der Waals surface area contributed by atoms with Crippen LogP contribution in [0.15, 0.2) is 83.8 Å². The molecule has 0 saturated carbocycles. The summed E-state index contributed by atoms with van der Waals surface area (Å²) in [6.45, 7) is 5.42. The van der Waals surface area contributed by atoms with Gasteiger partial charge in [-0.25, -0.2) is 8.42 Å². The Hall–Kier alpha value is -3.36. The molecule has 37 heavy (non-hydrogen) atoms. The fourth-order valence-electron chi connectivity index (χ4n) is 4.09. The zero-order chi connectivity index (χ0) is 27.0. The van der Waals surface area contributed by atoms with Crippen molar-refractivity contribution < 1.29 is 18.0 Å². The Bertz CT molecular complexity index is 1320. The maximum atomic E-state index is 13.9. The number of likely N-dealkylation sites (N-methyl/N-ethyl adjacent to an activating group) is 1. The Morgan fingerprint density at radius 1 is 0.919 bits per heavy atom. The third kappa shape index (κ3) is 6.70. The highest BCUT2D eigenvalue weighted by Gasteiger charge is 2.34. The molecule has 0 bridgehead atoms. The number of hydrogen-bond donors (Lipinski definition) is 1. The van der Waals surface area contributed by atoms with Gasteiger partial charge in [-0.2, -0.15) is 0 Å². The molecule has 9 heteroatoms. The summed E-state index contributed by atoms with van der Waals surface area (Å²) in [5, 5.41) is 3.18. The lowest BCUT2D eigenvalue weighted by molar-refractivity contribution is -0.140. The minimum Gasteiger partial charge on any atom is -0.355 e. The number of halogens is 1. The van der Waals surface area contributed by atoms with E-state index in [1.54, 1.807) is 43.3 Å². The second-order valence-corrected chi connectivity index (χ2v) is 10.8. The molecule has 0 aliphatic heterocycles. The molecule has 0 saturated heterocycles. The van der Waals surface area contributed by atoms with Crippen molar-refractivity contribution in [1.29, 1.82) is 0 Å². The molecule has 0 aliphatic rings. The number of anilines is 1. The van der Waals surface area contributed by atoms with Crippen molar-refractivity contribution in [3.63, 3.8) is 0 Å². The van der Waals surface area contributed by atoms with Crippen LogP contribution in [0.2, 0.25) is 5.02 Å². The summed E-state index contributed by atoms with van der Waals surface area (Å²) in [7, 11) is -4.13. The van der Waals surface area contributed by atoms with Crippen molar-refractivity contribution >= 4 is 39.1 Å². The van der Waals surface area contributed by atoms with Crippen molar-refractivity contribution in [2.45, 2.75) is 44.7 Å². The van der Waals surface area contributed by atoms with Gasteiger partial charge in [0.1, 0.15) is 12.6 Å². The summed E-state index contributed by atoms with van der Waals surface area (Å²) in [5.41, 5.74) is 1.66. The maximum Gasteiger partial charge on any atom is 0.264 e. The molecule has 3 aromatic carbocycles. The fourth-order valence-corrected chi connectivity index (χ4v) is 5.75. The van der Waals surface area contributed by atoms with Crippen LogP contribution in [0.25, 0.3) is 0 Å². The van der Waals surface area contributed by atoms with Crippen LogP contribution in [0.5, 0.6) is 0 Å². The van der Waals surface area contributed by atoms with Crippen LogP contribution in [0.4, 0.5) is 5.69 Å². The number of rotatable bonds is 11. The fraction of sp³-hybridized carbons (Fsp3) is 0.286. The second-order valence-electron chi connectivity index (χ2n) is 8.53. The number of nitrogens with zero attached hydrogens (tertiary/aromatic N) is 2. The zero-order valence-corrected chi connectivity index (χ0v) is 22.8. The normalized spacial score (nSPS) is 12.0. The first-order valence-corrected chi connectivity index (χ1v) is 14.0. The molecule has 0 aliphatic carbocycles. The van der Waals surface area contributed by atoms with Crippen LogP contribution in [0.3, 0.4) is 0 Å². The second kappa shape index (κ2) is 12.7. The Morgan fingerprint density at radius 2 is 1.54 bits per heavy atom. The SMILES string of the molecule is CCNC(=O)[C@H](CC)N(Cc1ccccc1)C(=O)CN(c1cccc(Cl)c1C)S(=O)(=O)c1ccccc1. The molecular weight excluding hydrogens is 510 g/mol. The summed E-state index contributed by atoms with van der Waals surface area (Å²) >= 11 is 6.34. The largest absolute Gasteiger partial charge is 0.355 e. The van der Waals surface area contributed by atoms with E-state index in [0.29, 0.717) is 29.2 Å². The molecule has 7 nitrogen and oxygen atoms in total. The van der Waals surface area contributed by atoms with Gasteiger partial charge in [-0.3, -0.25) is 13.9 Å². The van der Waals surface area contributed by atoms with Crippen LogP contribution >= 0.6 is 11.6 Å². The van der Waals surface area contributed by atoms with Crippen LogP contribution in [0, 0.1) is 6.92 Å².